The highest BCUT2D eigenvalue weighted by atomic mass is 16.5. The van der Waals surface area contributed by atoms with Crippen LogP contribution in [0.2, 0.25) is 0 Å². The predicted octanol–water partition coefficient (Wildman–Crippen LogP) is 2.40. The highest BCUT2D eigenvalue weighted by Crippen LogP contribution is 2.34. The monoisotopic (exact) mass is 355 g/mol. The van der Waals surface area contributed by atoms with Gasteiger partial charge in [0.25, 0.3) is 0 Å². The highest BCUT2D eigenvalue weighted by molar-refractivity contribution is 6.04. The number of hydrogen-bond acceptors (Lipinski definition) is 5. The molecule has 1 saturated heterocycles. The van der Waals surface area contributed by atoms with Crippen LogP contribution in [0.1, 0.15) is 12.0 Å². The van der Waals surface area contributed by atoms with E-state index in [0.717, 1.165) is 5.56 Å². The van der Waals surface area contributed by atoms with Gasteiger partial charge in [-0.15, -0.1) is 0 Å². The lowest BCUT2D eigenvalue weighted by Crippen LogP contribution is -2.28. The number of amides is 2. The molecule has 0 radical (unpaired) electrons. The third kappa shape index (κ3) is 3.61. The summed E-state index contributed by atoms with van der Waals surface area (Å²) in [5.41, 5.74) is 2.28. The van der Waals surface area contributed by atoms with Gasteiger partial charge in [0.05, 0.1) is 37.7 Å². The van der Waals surface area contributed by atoms with E-state index in [0.29, 0.717) is 29.5 Å². The van der Waals surface area contributed by atoms with Gasteiger partial charge in [-0.3, -0.25) is 9.59 Å². The second-order valence-electron chi connectivity index (χ2n) is 6.16. The maximum Gasteiger partial charge on any atom is 0.229 e. The van der Waals surface area contributed by atoms with E-state index in [4.69, 9.17) is 9.47 Å². The summed E-state index contributed by atoms with van der Waals surface area (Å²) in [6.45, 7) is 2.26. The van der Waals surface area contributed by atoms with Gasteiger partial charge in [-0.2, -0.15) is 0 Å². The van der Waals surface area contributed by atoms with Crippen LogP contribution in [0.4, 0.5) is 11.4 Å². The van der Waals surface area contributed by atoms with Crippen molar-refractivity contribution in [2.75, 3.05) is 31.0 Å². The van der Waals surface area contributed by atoms with Crippen molar-refractivity contribution < 1.29 is 19.1 Å². The van der Waals surface area contributed by atoms with E-state index in [1.165, 1.54) is 13.3 Å². The van der Waals surface area contributed by atoms with E-state index >= 15 is 0 Å². The molecule has 1 aliphatic rings. The molecule has 1 aliphatic heterocycles. The Bertz CT molecular complexity index is 820. The number of nitrogens with one attached hydrogen (secondary N) is 1. The van der Waals surface area contributed by atoms with Crippen LogP contribution in [-0.2, 0) is 9.59 Å². The molecular weight excluding hydrogens is 334 g/mol. The minimum absolute atomic E-state index is 0.0955. The number of carbonyl (C=O) groups is 2. The third-order valence-electron chi connectivity index (χ3n) is 4.33. The lowest BCUT2D eigenvalue weighted by Gasteiger charge is -2.20. The fourth-order valence-electron chi connectivity index (χ4n) is 2.95. The number of aryl methyl sites for hydroxylation is 1. The molecule has 2 heterocycles. The molecule has 0 bridgehead atoms. The van der Waals surface area contributed by atoms with E-state index in [-0.39, 0.29) is 18.2 Å². The van der Waals surface area contributed by atoms with E-state index in [2.05, 4.69) is 10.3 Å². The lowest BCUT2D eigenvalue weighted by atomic mass is 10.1. The van der Waals surface area contributed by atoms with Gasteiger partial charge in [0, 0.05) is 19.0 Å². The van der Waals surface area contributed by atoms with Gasteiger partial charge in [0.15, 0.2) is 0 Å². The van der Waals surface area contributed by atoms with Crippen LogP contribution in [0.25, 0.3) is 0 Å². The molecule has 7 nitrogen and oxygen atoms in total. The first-order valence-electron chi connectivity index (χ1n) is 8.27. The molecule has 2 aromatic rings. The van der Waals surface area contributed by atoms with Crippen molar-refractivity contribution in [2.45, 2.75) is 13.3 Å². The van der Waals surface area contributed by atoms with Crippen LogP contribution >= 0.6 is 0 Å². The Kier molecular flexibility index (Phi) is 5.06. The van der Waals surface area contributed by atoms with Gasteiger partial charge < -0.3 is 19.7 Å². The Morgan fingerprint density at radius 2 is 2.04 bits per heavy atom. The number of pyridine rings is 1. The average Bonchev–Trinajstić information content (AvgIpc) is 3.04. The second kappa shape index (κ2) is 7.43. The van der Waals surface area contributed by atoms with E-state index in [9.17, 15) is 9.59 Å². The molecule has 0 spiro atoms. The summed E-state index contributed by atoms with van der Waals surface area (Å²) in [7, 11) is 3.09. The van der Waals surface area contributed by atoms with Crippen LogP contribution in [0, 0.1) is 12.8 Å². The quantitative estimate of drug-likeness (QED) is 0.891. The average molecular weight is 355 g/mol. The van der Waals surface area contributed by atoms with Crippen LogP contribution in [0.15, 0.2) is 36.5 Å². The number of carbonyl (C=O) groups excluding carboxylic acids is 2. The summed E-state index contributed by atoms with van der Waals surface area (Å²) in [5, 5.41) is 2.80. The van der Waals surface area contributed by atoms with Gasteiger partial charge >= 0.3 is 0 Å². The van der Waals surface area contributed by atoms with Gasteiger partial charge in [0.2, 0.25) is 17.7 Å². The maximum absolute atomic E-state index is 12.5. The third-order valence-corrected chi connectivity index (χ3v) is 4.33. The topological polar surface area (TPSA) is 80.8 Å². The van der Waals surface area contributed by atoms with Gasteiger partial charge in [0.1, 0.15) is 5.75 Å². The Hall–Kier alpha value is -3.09. The zero-order valence-electron chi connectivity index (χ0n) is 15.0. The molecule has 7 heteroatoms. The van der Waals surface area contributed by atoms with Crippen molar-refractivity contribution in [3.8, 4) is 11.6 Å². The number of anilines is 2. The normalized spacial score (nSPS) is 16.5. The lowest BCUT2D eigenvalue weighted by molar-refractivity contribution is -0.122. The van der Waals surface area contributed by atoms with Crippen molar-refractivity contribution in [1.29, 1.82) is 0 Å². The molecule has 1 N–H and O–H groups in total. The summed E-state index contributed by atoms with van der Waals surface area (Å²) in [4.78, 5) is 30.7. The van der Waals surface area contributed by atoms with Crippen molar-refractivity contribution in [3.63, 3.8) is 0 Å². The molecule has 0 unspecified atom stereocenters. The first-order chi connectivity index (χ1) is 12.5. The Morgan fingerprint density at radius 3 is 2.69 bits per heavy atom. The minimum Gasteiger partial charge on any atom is -0.495 e. The molecule has 0 saturated carbocycles. The highest BCUT2D eigenvalue weighted by Gasteiger charge is 2.36. The summed E-state index contributed by atoms with van der Waals surface area (Å²) in [6.07, 6.45) is 1.68. The molecule has 1 fully saturated rings. The first-order valence-corrected chi connectivity index (χ1v) is 8.27. The zero-order valence-corrected chi connectivity index (χ0v) is 15.0. The molecule has 1 atom stereocenters. The fourth-order valence-corrected chi connectivity index (χ4v) is 2.95. The Morgan fingerprint density at radius 1 is 1.23 bits per heavy atom. The van der Waals surface area contributed by atoms with E-state index in [1.54, 1.807) is 24.1 Å². The smallest absolute Gasteiger partial charge is 0.229 e. The molecule has 3 rings (SSSR count). The molecule has 2 amide bonds. The SMILES string of the molecule is COc1ccc(NC(=O)[C@@H]2CC(=O)N(c3cc(C)ccc3OC)C2)cn1. The number of ether oxygens (including phenoxy) is 2. The van der Waals surface area contributed by atoms with Crippen LogP contribution in [0.5, 0.6) is 11.6 Å². The van der Waals surface area contributed by atoms with Crippen molar-refractivity contribution in [2.24, 2.45) is 5.92 Å². The molecule has 136 valence electrons. The van der Waals surface area contributed by atoms with Crippen LogP contribution in [0.3, 0.4) is 0 Å². The number of aromatic nitrogens is 1. The summed E-state index contributed by atoms with van der Waals surface area (Å²) >= 11 is 0. The summed E-state index contributed by atoms with van der Waals surface area (Å²) in [6, 6.07) is 9.02. The van der Waals surface area contributed by atoms with Gasteiger partial charge in [-0.25, -0.2) is 4.98 Å². The molecule has 26 heavy (non-hydrogen) atoms. The molecule has 0 aliphatic carbocycles. The number of methoxy groups -OCH3 is 2. The predicted molar refractivity (Wildman–Crippen MR) is 97.6 cm³/mol. The van der Waals surface area contributed by atoms with Crippen molar-refractivity contribution in [3.05, 3.63) is 42.1 Å². The zero-order chi connectivity index (χ0) is 18.7. The minimum atomic E-state index is -0.435. The summed E-state index contributed by atoms with van der Waals surface area (Å²) < 4.78 is 10.4. The Labute approximate surface area is 151 Å². The van der Waals surface area contributed by atoms with Crippen molar-refractivity contribution in [1.82, 2.24) is 4.98 Å². The standard InChI is InChI=1S/C19H21N3O4/c1-12-4-6-16(25-2)15(8-12)22-11-13(9-18(22)23)19(24)21-14-5-7-17(26-3)20-10-14/h4-8,10,13H,9,11H2,1-3H3,(H,21,24)/t13-/m1/s1. The number of hydrogen-bond donors (Lipinski definition) is 1. The first kappa shape index (κ1) is 17.7. The molecule has 1 aromatic heterocycles. The van der Waals surface area contributed by atoms with Gasteiger partial charge in [-0.05, 0) is 30.7 Å². The number of rotatable bonds is 5. The van der Waals surface area contributed by atoms with E-state index in [1.807, 2.05) is 25.1 Å². The molecule has 1 aromatic carbocycles. The van der Waals surface area contributed by atoms with E-state index < -0.39 is 5.92 Å². The second-order valence-corrected chi connectivity index (χ2v) is 6.16. The fraction of sp³-hybridized carbons (Fsp3) is 0.316. The largest absolute Gasteiger partial charge is 0.495 e. The Balaban J connectivity index is 1.72. The number of nitrogens with zero attached hydrogens (tertiary/aromatic N) is 2. The maximum atomic E-state index is 12.5. The van der Waals surface area contributed by atoms with Gasteiger partial charge in [-0.1, -0.05) is 6.07 Å². The van der Waals surface area contributed by atoms with Crippen molar-refractivity contribution >= 4 is 23.2 Å². The van der Waals surface area contributed by atoms with Crippen LogP contribution in [-0.4, -0.2) is 37.6 Å². The van der Waals surface area contributed by atoms with Crippen LogP contribution < -0.4 is 19.7 Å². The number of benzene rings is 1. The molecular formula is C19H21N3O4. The summed E-state index contributed by atoms with van der Waals surface area (Å²) in [5.74, 6) is 0.345.